The summed E-state index contributed by atoms with van der Waals surface area (Å²) < 4.78 is 29.4. The molecule has 0 aliphatic carbocycles. The van der Waals surface area contributed by atoms with Crippen LogP contribution in [-0.2, 0) is 42.9 Å². The molecular formula is C36H35N3O10. The maximum Gasteiger partial charge on any atom is 0.303 e. The first-order valence-electron chi connectivity index (χ1n) is 15.4. The van der Waals surface area contributed by atoms with Crippen molar-refractivity contribution in [1.29, 1.82) is 0 Å². The predicted molar refractivity (Wildman–Crippen MR) is 173 cm³/mol. The summed E-state index contributed by atoms with van der Waals surface area (Å²) >= 11 is 0. The molecule has 0 N–H and O–H groups in total. The highest BCUT2D eigenvalue weighted by Crippen LogP contribution is 2.37. The molecule has 0 saturated carbocycles. The largest absolute Gasteiger partial charge is 0.463 e. The number of hydrogen-bond donors (Lipinski definition) is 0. The van der Waals surface area contributed by atoms with Crippen LogP contribution in [0.25, 0.3) is 27.9 Å². The molecule has 1 fully saturated rings. The molecule has 5 rings (SSSR count). The van der Waals surface area contributed by atoms with Crippen LogP contribution in [0.3, 0.4) is 0 Å². The highest BCUT2D eigenvalue weighted by molar-refractivity contribution is 5.94. The summed E-state index contributed by atoms with van der Waals surface area (Å²) in [5, 5.41) is 8.50. The number of carbonyl (C=O) groups is 5. The van der Waals surface area contributed by atoms with Crippen molar-refractivity contribution in [3.05, 3.63) is 90.3 Å². The van der Waals surface area contributed by atoms with Crippen LogP contribution in [0.4, 0.5) is 0 Å². The molecule has 13 heteroatoms. The molecule has 0 spiro atoms. The van der Waals surface area contributed by atoms with E-state index in [1.165, 1.54) is 18.5 Å². The van der Waals surface area contributed by atoms with Gasteiger partial charge in [0, 0.05) is 33.3 Å². The van der Waals surface area contributed by atoms with Crippen molar-refractivity contribution in [2.75, 3.05) is 6.61 Å². The minimum atomic E-state index is -1.32. The molecule has 4 aromatic rings. The lowest BCUT2D eigenvalue weighted by molar-refractivity contribution is -0.255. The van der Waals surface area contributed by atoms with Gasteiger partial charge in [-0.2, -0.15) is 0 Å². The van der Waals surface area contributed by atoms with Gasteiger partial charge in [-0.15, -0.1) is 5.10 Å². The highest BCUT2D eigenvalue weighted by Gasteiger charge is 2.53. The average molecular weight is 670 g/mol. The summed E-state index contributed by atoms with van der Waals surface area (Å²) in [6.45, 7) is 5.88. The molecule has 2 heterocycles. The van der Waals surface area contributed by atoms with Crippen molar-refractivity contribution in [1.82, 2.24) is 15.0 Å². The molecule has 0 bridgehead atoms. The summed E-state index contributed by atoms with van der Waals surface area (Å²) in [4.78, 5) is 59.6. The van der Waals surface area contributed by atoms with E-state index in [4.69, 9.17) is 23.7 Å². The zero-order valence-corrected chi connectivity index (χ0v) is 27.5. The summed E-state index contributed by atoms with van der Waals surface area (Å²) in [7, 11) is 0. The molecule has 0 radical (unpaired) electrons. The van der Waals surface area contributed by atoms with E-state index in [0.29, 0.717) is 11.3 Å². The first-order chi connectivity index (χ1) is 23.4. The molecule has 1 aliphatic heterocycles. The van der Waals surface area contributed by atoms with Gasteiger partial charge in [0.05, 0.1) is 11.9 Å². The van der Waals surface area contributed by atoms with E-state index >= 15 is 0 Å². The van der Waals surface area contributed by atoms with Gasteiger partial charge >= 0.3 is 23.9 Å². The third kappa shape index (κ3) is 8.43. The third-order valence-corrected chi connectivity index (χ3v) is 7.77. The molecule has 0 amide bonds. The van der Waals surface area contributed by atoms with Gasteiger partial charge in [-0.1, -0.05) is 65.9 Å². The smallest absolute Gasteiger partial charge is 0.303 e. The van der Waals surface area contributed by atoms with Crippen molar-refractivity contribution >= 4 is 29.7 Å². The number of rotatable bonds is 10. The molecule has 1 aliphatic rings. The van der Waals surface area contributed by atoms with Crippen LogP contribution in [0.1, 0.15) is 56.8 Å². The molecule has 5 atom stereocenters. The monoisotopic (exact) mass is 669 g/mol. The van der Waals surface area contributed by atoms with Crippen molar-refractivity contribution in [2.24, 2.45) is 0 Å². The maximum absolute atomic E-state index is 12.2. The van der Waals surface area contributed by atoms with Crippen molar-refractivity contribution in [3.63, 3.8) is 0 Å². The minimum absolute atomic E-state index is 0.0214. The van der Waals surface area contributed by atoms with Crippen molar-refractivity contribution in [3.8, 4) is 27.9 Å². The fourth-order valence-electron chi connectivity index (χ4n) is 5.56. The molecule has 1 saturated heterocycles. The van der Waals surface area contributed by atoms with Gasteiger partial charge in [0.1, 0.15) is 24.5 Å². The number of benzene rings is 3. The van der Waals surface area contributed by atoms with Gasteiger partial charge in [-0.25, -0.2) is 4.68 Å². The SMILES string of the molecule is CC(=O)OCC1OC(c2cn(-c3ccc(-c4ccc(-c5ccc(C(C)=O)cc5)cc4)cc3)nn2)C(OC(C)=O)C(OC(C)=O)C1OC(C)=O. The van der Waals surface area contributed by atoms with Crippen LogP contribution in [-0.4, -0.2) is 75.7 Å². The Kier molecular flexibility index (Phi) is 10.6. The van der Waals surface area contributed by atoms with Crippen molar-refractivity contribution in [2.45, 2.75) is 65.1 Å². The third-order valence-electron chi connectivity index (χ3n) is 7.77. The van der Waals surface area contributed by atoms with Gasteiger partial charge in [0.15, 0.2) is 24.1 Å². The first-order valence-corrected chi connectivity index (χ1v) is 15.4. The second kappa shape index (κ2) is 15.0. The molecule has 3 aromatic carbocycles. The van der Waals surface area contributed by atoms with E-state index in [9.17, 15) is 24.0 Å². The Morgan fingerprint density at radius 2 is 1.10 bits per heavy atom. The Bertz CT molecular complexity index is 1830. The van der Waals surface area contributed by atoms with E-state index in [2.05, 4.69) is 10.3 Å². The van der Waals surface area contributed by atoms with E-state index in [-0.39, 0.29) is 18.1 Å². The molecule has 49 heavy (non-hydrogen) atoms. The van der Waals surface area contributed by atoms with Crippen LogP contribution < -0.4 is 0 Å². The fraction of sp³-hybridized carbons (Fsp3) is 0.306. The minimum Gasteiger partial charge on any atom is -0.463 e. The van der Waals surface area contributed by atoms with Gasteiger partial charge < -0.3 is 23.7 Å². The maximum atomic E-state index is 12.2. The lowest BCUT2D eigenvalue weighted by atomic mass is 9.92. The van der Waals surface area contributed by atoms with Crippen LogP contribution in [0.5, 0.6) is 0 Å². The van der Waals surface area contributed by atoms with Gasteiger partial charge in [-0.3, -0.25) is 24.0 Å². The Morgan fingerprint density at radius 3 is 1.59 bits per heavy atom. The number of ether oxygens (including phenoxy) is 5. The van der Waals surface area contributed by atoms with Gasteiger partial charge in [-0.05, 0) is 41.3 Å². The lowest BCUT2D eigenvalue weighted by Crippen LogP contribution is -2.59. The van der Waals surface area contributed by atoms with E-state index in [0.717, 1.165) is 36.1 Å². The first kappa shape index (κ1) is 34.6. The van der Waals surface area contributed by atoms with Crippen LogP contribution >= 0.6 is 0 Å². The Balaban J connectivity index is 1.39. The zero-order chi connectivity index (χ0) is 35.2. The Labute approximate surface area is 282 Å². The van der Waals surface area contributed by atoms with Crippen LogP contribution in [0.15, 0.2) is 79.0 Å². The number of Topliss-reactive ketones (excluding diaryl/α,β-unsaturated/α-hetero) is 1. The van der Waals surface area contributed by atoms with E-state index in [1.807, 2.05) is 72.8 Å². The molecule has 5 unspecified atom stereocenters. The second-order valence-corrected chi connectivity index (χ2v) is 11.5. The zero-order valence-electron chi connectivity index (χ0n) is 27.5. The number of esters is 4. The topological polar surface area (TPSA) is 162 Å². The lowest BCUT2D eigenvalue weighted by Gasteiger charge is -2.43. The number of carbonyl (C=O) groups excluding carboxylic acids is 5. The van der Waals surface area contributed by atoms with Gasteiger partial charge in [0.25, 0.3) is 0 Å². The van der Waals surface area contributed by atoms with E-state index in [1.54, 1.807) is 13.1 Å². The highest BCUT2D eigenvalue weighted by atomic mass is 16.7. The number of aromatic nitrogens is 3. The standard InChI is InChI=1S/C36H35N3O10/c1-20(40)25-6-8-26(9-7-25)27-10-12-28(13-11-27)29-14-16-30(17-15-29)39-18-31(37-38-39)33-35(47-23(4)43)36(48-24(5)44)34(46-22(3)42)32(49-33)19-45-21(2)41/h6-18,32-36H,19H2,1-5H3. The number of hydrogen-bond acceptors (Lipinski definition) is 12. The Hall–Kier alpha value is -5.69. The Morgan fingerprint density at radius 1 is 0.633 bits per heavy atom. The number of ketones is 1. The molecule has 13 nitrogen and oxygen atoms in total. The van der Waals surface area contributed by atoms with Crippen LogP contribution in [0.2, 0.25) is 0 Å². The quantitative estimate of drug-likeness (QED) is 0.131. The summed E-state index contributed by atoms with van der Waals surface area (Å²) in [5.41, 5.74) is 5.52. The molecule has 254 valence electrons. The second-order valence-electron chi connectivity index (χ2n) is 11.5. The average Bonchev–Trinajstić information content (AvgIpc) is 3.55. The predicted octanol–water partition coefficient (Wildman–Crippen LogP) is 4.60. The van der Waals surface area contributed by atoms with Gasteiger partial charge in [0.2, 0.25) is 0 Å². The normalized spacial score (nSPS) is 20.1. The molecule has 1 aromatic heterocycles. The van der Waals surface area contributed by atoms with Crippen molar-refractivity contribution < 1.29 is 47.7 Å². The van der Waals surface area contributed by atoms with E-state index < -0.39 is 54.4 Å². The van der Waals surface area contributed by atoms with Crippen LogP contribution in [0, 0.1) is 0 Å². The number of nitrogens with zero attached hydrogens (tertiary/aromatic N) is 3. The summed E-state index contributed by atoms with van der Waals surface area (Å²) in [5.74, 6) is -2.75. The summed E-state index contributed by atoms with van der Waals surface area (Å²) in [6.07, 6.45) is -4.56. The summed E-state index contributed by atoms with van der Waals surface area (Å²) in [6, 6.07) is 23.1. The fourth-order valence-corrected chi connectivity index (χ4v) is 5.56. The molecular weight excluding hydrogens is 634 g/mol.